The van der Waals surface area contributed by atoms with Crippen LogP contribution in [-0.4, -0.2) is 41.8 Å². The predicted octanol–water partition coefficient (Wildman–Crippen LogP) is 1.36. The van der Waals surface area contributed by atoms with E-state index in [1.807, 2.05) is 18.2 Å². The molecule has 4 heteroatoms. The Labute approximate surface area is 101 Å². The minimum atomic E-state index is -0.795. The lowest BCUT2D eigenvalue weighted by molar-refractivity contribution is -0.142. The SMILES string of the molecule is O=C(O)CC1CN(Cc2ccccc2)CCO1. The second kappa shape index (κ2) is 5.80. The molecule has 0 aliphatic carbocycles. The molecule has 92 valence electrons. The molecule has 1 unspecified atom stereocenters. The third kappa shape index (κ3) is 3.84. The maximum atomic E-state index is 10.6. The summed E-state index contributed by atoms with van der Waals surface area (Å²) in [7, 11) is 0. The van der Waals surface area contributed by atoms with Gasteiger partial charge in [-0.3, -0.25) is 9.69 Å². The number of hydrogen-bond donors (Lipinski definition) is 1. The standard InChI is InChI=1S/C13H17NO3/c15-13(16)8-12-10-14(6-7-17-12)9-11-4-2-1-3-5-11/h1-5,12H,6-10H2,(H,15,16). The number of nitrogens with zero attached hydrogens (tertiary/aromatic N) is 1. The summed E-state index contributed by atoms with van der Waals surface area (Å²) in [5, 5.41) is 8.74. The molecule has 1 N–H and O–H groups in total. The second-order valence-corrected chi connectivity index (χ2v) is 4.31. The summed E-state index contributed by atoms with van der Waals surface area (Å²) >= 11 is 0. The lowest BCUT2D eigenvalue weighted by Gasteiger charge is -2.32. The molecule has 1 aromatic rings. The van der Waals surface area contributed by atoms with Crippen molar-refractivity contribution in [2.45, 2.75) is 19.1 Å². The Morgan fingerprint density at radius 2 is 2.18 bits per heavy atom. The van der Waals surface area contributed by atoms with Gasteiger partial charge in [0.1, 0.15) is 0 Å². The van der Waals surface area contributed by atoms with Crippen LogP contribution in [0.4, 0.5) is 0 Å². The van der Waals surface area contributed by atoms with E-state index in [0.29, 0.717) is 13.2 Å². The molecule has 0 radical (unpaired) electrons. The van der Waals surface area contributed by atoms with Gasteiger partial charge in [0, 0.05) is 19.6 Å². The first kappa shape index (κ1) is 12.1. The Bertz CT molecular complexity index is 366. The summed E-state index contributed by atoms with van der Waals surface area (Å²) in [4.78, 5) is 12.9. The van der Waals surface area contributed by atoms with E-state index < -0.39 is 5.97 Å². The van der Waals surface area contributed by atoms with Gasteiger partial charge >= 0.3 is 5.97 Å². The average molecular weight is 235 g/mol. The van der Waals surface area contributed by atoms with Gasteiger partial charge in [-0.05, 0) is 5.56 Å². The second-order valence-electron chi connectivity index (χ2n) is 4.31. The average Bonchev–Trinajstić information content (AvgIpc) is 2.30. The molecule has 1 aliphatic rings. The first-order valence-corrected chi connectivity index (χ1v) is 5.84. The van der Waals surface area contributed by atoms with Crippen molar-refractivity contribution in [1.82, 2.24) is 4.90 Å². The van der Waals surface area contributed by atoms with Crippen molar-refractivity contribution in [3.63, 3.8) is 0 Å². The minimum absolute atomic E-state index is 0.0886. The van der Waals surface area contributed by atoms with Crippen LogP contribution in [0.25, 0.3) is 0 Å². The van der Waals surface area contributed by atoms with Gasteiger partial charge in [-0.25, -0.2) is 0 Å². The number of aliphatic carboxylic acids is 1. The van der Waals surface area contributed by atoms with E-state index in [9.17, 15) is 4.79 Å². The van der Waals surface area contributed by atoms with Crippen LogP contribution in [-0.2, 0) is 16.1 Å². The molecular formula is C13H17NO3. The summed E-state index contributed by atoms with van der Waals surface area (Å²) < 4.78 is 5.43. The number of morpholine rings is 1. The minimum Gasteiger partial charge on any atom is -0.481 e. The summed E-state index contributed by atoms with van der Waals surface area (Å²) in [6, 6.07) is 10.2. The van der Waals surface area contributed by atoms with Gasteiger partial charge in [0.15, 0.2) is 0 Å². The highest BCUT2D eigenvalue weighted by molar-refractivity contribution is 5.67. The Morgan fingerprint density at radius 1 is 1.41 bits per heavy atom. The molecule has 2 rings (SSSR count). The van der Waals surface area contributed by atoms with Gasteiger partial charge in [-0.2, -0.15) is 0 Å². The van der Waals surface area contributed by atoms with Crippen LogP contribution < -0.4 is 0 Å². The third-order valence-electron chi connectivity index (χ3n) is 2.87. The van der Waals surface area contributed by atoms with Crippen LogP contribution in [0.5, 0.6) is 0 Å². The Hall–Kier alpha value is -1.39. The van der Waals surface area contributed by atoms with E-state index in [4.69, 9.17) is 9.84 Å². The van der Waals surface area contributed by atoms with E-state index in [1.165, 1.54) is 5.56 Å². The Kier molecular flexibility index (Phi) is 4.12. The van der Waals surface area contributed by atoms with Crippen molar-refractivity contribution in [2.24, 2.45) is 0 Å². The topological polar surface area (TPSA) is 49.8 Å². The predicted molar refractivity (Wildman–Crippen MR) is 63.7 cm³/mol. The summed E-state index contributed by atoms with van der Waals surface area (Å²) in [5.41, 5.74) is 1.25. The number of hydrogen-bond acceptors (Lipinski definition) is 3. The molecule has 17 heavy (non-hydrogen) atoms. The molecule has 0 spiro atoms. The van der Waals surface area contributed by atoms with Crippen molar-refractivity contribution in [1.29, 1.82) is 0 Å². The van der Waals surface area contributed by atoms with Gasteiger partial charge in [-0.15, -0.1) is 0 Å². The zero-order valence-corrected chi connectivity index (χ0v) is 9.71. The van der Waals surface area contributed by atoms with Crippen LogP contribution >= 0.6 is 0 Å². The van der Waals surface area contributed by atoms with Crippen molar-refractivity contribution in [3.05, 3.63) is 35.9 Å². The highest BCUT2D eigenvalue weighted by atomic mass is 16.5. The fourth-order valence-corrected chi connectivity index (χ4v) is 2.08. The number of ether oxygens (including phenoxy) is 1. The number of benzene rings is 1. The first-order chi connectivity index (χ1) is 8.24. The van der Waals surface area contributed by atoms with Crippen molar-refractivity contribution in [3.8, 4) is 0 Å². The summed E-state index contributed by atoms with van der Waals surface area (Å²) in [6.07, 6.45) is -0.0874. The van der Waals surface area contributed by atoms with Crippen molar-refractivity contribution >= 4 is 5.97 Å². The number of carboxylic acid groups (broad SMARTS) is 1. The molecule has 0 amide bonds. The largest absolute Gasteiger partial charge is 0.481 e. The molecule has 1 aliphatic heterocycles. The molecule has 0 aromatic heterocycles. The Morgan fingerprint density at radius 3 is 2.88 bits per heavy atom. The number of carbonyl (C=O) groups is 1. The monoisotopic (exact) mass is 235 g/mol. The van der Waals surface area contributed by atoms with Crippen LogP contribution in [0.3, 0.4) is 0 Å². The first-order valence-electron chi connectivity index (χ1n) is 5.84. The van der Waals surface area contributed by atoms with Gasteiger partial charge < -0.3 is 9.84 Å². The molecule has 0 bridgehead atoms. The molecule has 1 atom stereocenters. The van der Waals surface area contributed by atoms with Crippen LogP contribution in [0, 0.1) is 0 Å². The van der Waals surface area contributed by atoms with Crippen LogP contribution in [0.15, 0.2) is 30.3 Å². The van der Waals surface area contributed by atoms with E-state index in [2.05, 4.69) is 17.0 Å². The smallest absolute Gasteiger partial charge is 0.306 e. The van der Waals surface area contributed by atoms with E-state index >= 15 is 0 Å². The third-order valence-corrected chi connectivity index (χ3v) is 2.87. The maximum Gasteiger partial charge on any atom is 0.306 e. The molecule has 1 heterocycles. The van der Waals surface area contributed by atoms with Gasteiger partial charge in [0.2, 0.25) is 0 Å². The molecule has 1 fully saturated rings. The zero-order valence-electron chi connectivity index (χ0n) is 9.71. The highest BCUT2D eigenvalue weighted by Gasteiger charge is 2.22. The van der Waals surface area contributed by atoms with Gasteiger partial charge in [0.05, 0.1) is 19.1 Å². The fraction of sp³-hybridized carbons (Fsp3) is 0.462. The lowest BCUT2D eigenvalue weighted by atomic mass is 10.1. The quantitative estimate of drug-likeness (QED) is 0.856. The fourth-order valence-electron chi connectivity index (χ4n) is 2.08. The van der Waals surface area contributed by atoms with Crippen molar-refractivity contribution in [2.75, 3.05) is 19.7 Å². The van der Waals surface area contributed by atoms with Crippen LogP contribution in [0.2, 0.25) is 0 Å². The Balaban J connectivity index is 1.87. The molecule has 1 saturated heterocycles. The van der Waals surface area contributed by atoms with Crippen molar-refractivity contribution < 1.29 is 14.6 Å². The molecule has 4 nitrogen and oxygen atoms in total. The molecule has 1 aromatic carbocycles. The van der Waals surface area contributed by atoms with Crippen LogP contribution in [0.1, 0.15) is 12.0 Å². The number of rotatable bonds is 4. The number of carboxylic acids is 1. The zero-order chi connectivity index (χ0) is 12.1. The van der Waals surface area contributed by atoms with E-state index in [1.54, 1.807) is 0 Å². The molecular weight excluding hydrogens is 218 g/mol. The normalized spacial score (nSPS) is 21.3. The summed E-state index contributed by atoms with van der Waals surface area (Å²) in [6.45, 7) is 3.04. The van der Waals surface area contributed by atoms with E-state index in [0.717, 1.165) is 13.1 Å². The van der Waals surface area contributed by atoms with E-state index in [-0.39, 0.29) is 12.5 Å². The van der Waals surface area contributed by atoms with Gasteiger partial charge in [0.25, 0.3) is 0 Å². The molecule has 0 saturated carbocycles. The van der Waals surface area contributed by atoms with Gasteiger partial charge in [-0.1, -0.05) is 30.3 Å². The highest BCUT2D eigenvalue weighted by Crippen LogP contribution is 2.12. The maximum absolute atomic E-state index is 10.6. The lowest BCUT2D eigenvalue weighted by Crippen LogP contribution is -2.42. The summed E-state index contributed by atoms with van der Waals surface area (Å²) in [5.74, 6) is -0.795.